The predicted octanol–water partition coefficient (Wildman–Crippen LogP) is 4.68. The lowest BCUT2D eigenvalue weighted by Crippen LogP contribution is -2.16. The van der Waals surface area contributed by atoms with Crippen LogP contribution in [0.2, 0.25) is 0 Å². The maximum Gasteiger partial charge on any atom is 0.273 e. The van der Waals surface area contributed by atoms with Crippen molar-refractivity contribution >= 4 is 17.8 Å². The van der Waals surface area contributed by atoms with Crippen molar-refractivity contribution in [2.45, 2.75) is 31.1 Å². The summed E-state index contributed by atoms with van der Waals surface area (Å²) in [6.45, 7) is 0. The molecule has 0 radical (unpaired) electrons. The zero-order chi connectivity index (χ0) is 23.6. The summed E-state index contributed by atoms with van der Waals surface area (Å²) in [7, 11) is 0. The number of pyridine rings is 2. The molecule has 0 spiro atoms. The summed E-state index contributed by atoms with van der Waals surface area (Å²) < 4.78 is 1.88. The third kappa shape index (κ3) is 4.50. The minimum absolute atomic E-state index is 0.0826. The molecule has 2 aliphatic rings. The summed E-state index contributed by atoms with van der Waals surface area (Å²) in [5, 5.41) is 11.3. The largest absolute Gasteiger partial charge is 0.321 e. The first kappa shape index (κ1) is 21.1. The zero-order valence-corrected chi connectivity index (χ0v) is 19.0. The molecule has 0 bridgehead atoms. The number of hydrogen-bond donors (Lipinski definition) is 1. The Balaban J connectivity index is 1.20. The van der Waals surface area contributed by atoms with Gasteiger partial charge in [-0.25, -0.2) is 0 Å². The van der Waals surface area contributed by atoms with E-state index < -0.39 is 0 Å². The van der Waals surface area contributed by atoms with Gasteiger partial charge >= 0.3 is 0 Å². The van der Waals surface area contributed by atoms with Crippen LogP contribution in [0.25, 0.3) is 17.1 Å². The molecule has 6 rings (SSSR count). The van der Waals surface area contributed by atoms with Crippen LogP contribution >= 0.6 is 0 Å². The average molecular weight is 462 g/mol. The molecule has 35 heavy (non-hydrogen) atoms. The minimum Gasteiger partial charge on any atom is -0.321 e. The summed E-state index contributed by atoms with van der Waals surface area (Å²) in [6.07, 6.45) is 14.0. The highest BCUT2D eigenvalue weighted by atomic mass is 16.2. The first-order chi connectivity index (χ1) is 17.2. The molecule has 1 aromatic carbocycles. The van der Waals surface area contributed by atoms with Crippen LogP contribution in [-0.4, -0.2) is 36.9 Å². The van der Waals surface area contributed by atoms with Gasteiger partial charge in [0.1, 0.15) is 12.0 Å². The Kier molecular flexibility index (Phi) is 5.46. The van der Waals surface area contributed by atoms with Crippen molar-refractivity contribution in [1.82, 2.24) is 24.7 Å². The molecule has 1 amide bonds. The van der Waals surface area contributed by atoms with E-state index in [-0.39, 0.29) is 11.8 Å². The fourth-order valence-corrected chi connectivity index (χ4v) is 4.25. The van der Waals surface area contributed by atoms with Gasteiger partial charge in [0.25, 0.3) is 5.91 Å². The van der Waals surface area contributed by atoms with E-state index in [2.05, 4.69) is 42.6 Å². The van der Waals surface area contributed by atoms with Crippen LogP contribution in [0.4, 0.5) is 5.69 Å². The molecule has 1 aliphatic heterocycles. The van der Waals surface area contributed by atoms with Gasteiger partial charge in [-0.1, -0.05) is 18.2 Å². The van der Waals surface area contributed by atoms with Crippen LogP contribution in [0, 0.1) is 0 Å². The van der Waals surface area contributed by atoms with Gasteiger partial charge < -0.3 is 5.32 Å². The normalized spacial score (nSPS) is 17.1. The predicted molar refractivity (Wildman–Crippen MR) is 133 cm³/mol. The lowest BCUT2D eigenvalue weighted by Gasteiger charge is -2.16. The van der Waals surface area contributed by atoms with E-state index in [1.807, 2.05) is 59.5 Å². The Morgan fingerprint density at radius 3 is 2.74 bits per heavy atom. The first-order valence-electron chi connectivity index (χ1n) is 11.7. The molecule has 1 unspecified atom stereocenters. The number of anilines is 1. The lowest BCUT2D eigenvalue weighted by molar-refractivity contribution is -0.112. The maximum atomic E-state index is 13.0. The highest BCUT2D eigenvalue weighted by Gasteiger charge is 2.25. The molecule has 8 heteroatoms. The number of hydrogen-bond acceptors (Lipinski definition) is 6. The Morgan fingerprint density at radius 2 is 1.94 bits per heavy atom. The average Bonchev–Trinajstić information content (AvgIpc) is 3.65. The molecular weight excluding hydrogens is 438 g/mol. The third-order valence-corrected chi connectivity index (χ3v) is 6.28. The van der Waals surface area contributed by atoms with Crippen molar-refractivity contribution in [3.63, 3.8) is 0 Å². The smallest absolute Gasteiger partial charge is 0.273 e. The minimum atomic E-state index is -0.249. The van der Waals surface area contributed by atoms with Gasteiger partial charge in [0.15, 0.2) is 5.82 Å². The van der Waals surface area contributed by atoms with Crippen LogP contribution in [-0.2, 0) is 4.79 Å². The van der Waals surface area contributed by atoms with Crippen LogP contribution in [0.1, 0.15) is 42.4 Å². The quantitative estimate of drug-likeness (QED) is 0.449. The van der Waals surface area contributed by atoms with Gasteiger partial charge in [0, 0.05) is 53.6 Å². The number of aliphatic imine (C=N–C) groups is 1. The van der Waals surface area contributed by atoms with Crippen LogP contribution in [0.15, 0.2) is 90.2 Å². The van der Waals surface area contributed by atoms with Gasteiger partial charge in [0.2, 0.25) is 0 Å². The van der Waals surface area contributed by atoms with Crippen LogP contribution in [0.3, 0.4) is 0 Å². The standard InChI is InChI=1S/C27H23N7O/c35-27(25-15-19(8-13-29-25)21-6-7-24(30-16-21)18-4-5-18)32-22-3-1-2-20(14-22)26-33-31-17-34(26)23-9-11-28-12-10-23/h1-3,6-7,9-19H,4-5,8H2,(H,32,35). The van der Waals surface area contributed by atoms with Crippen molar-refractivity contribution in [2.24, 2.45) is 4.99 Å². The van der Waals surface area contributed by atoms with E-state index in [1.165, 1.54) is 18.5 Å². The second-order valence-electron chi connectivity index (χ2n) is 8.76. The number of nitrogens with zero attached hydrogens (tertiary/aromatic N) is 6. The number of allylic oxidation sites excluding steroid dienone is 1. The number of amides is 1. The van der Waals surface area contributed by atoms with E-state index in [0.717, 1.165) is 23.2 Å². The zero-order valence-electron chi connectivity index (χ0n) is 19.0. The second-order valence-corrected chi connectivity index (χ2v) is 8.76. The molecule has 0 saturated heterocycles. The first-order valence-corrected chi connectivity index (χ1v) is 11.7. The van der Waals surface area contributed by atoms with Crippen molar-refractivity contribution in [2.75, 3.05) is 5.32 Å². The summed E-state index contributed by atoms with van der Waals surface area (Å²) in [5.41, 5.74) is 5.06. The maximum absolute atomic E-state index is 13.0. The Labute approximate surface area is 202 Å². The molecule has 1 fully saturated rings. The fraction of sp³-hybridized carbons (Fsp3) is 0.185. The van der Waals surface area contributed by atoms with Gasteiger partial charge in [0.05, 0.1) is 5.69 Å². The molecule has 4 heterocycles. The van der Waals surface area contributed by atoms with E-state index in [0.29, 0.717) is 23.1 Å². The van der Waals surface area contributed by atoms with Gasteiger partial charge in [-0.2, -0.15) is 0 Å². The summed E-state index contributed by atoms with van der Waals surface area (Å²) in [4.78, 5) is 26.1. The van der Waals surface area contributed by atoms with Crippen molar-refractivity contribution in [3.05, 3.63) is 96.5 Å². The van der Waals surface area contributed by atoms with E-state index in [1.54, 1.807) is 18.7 Å². The van der Waals surface area contributed by atoms with E-state index in [4.69, 9.17) is 0 Å². The van der Waals surface area contributed by atoms with Crippen LogP contribution < -0.4 is 5.32 Å². The van der Waals surface area contributed by atoms with Crippen LogP contribution in [0.5, 0.6) is 0 Å². The molecule has 172 valence electrons. The van der Waals surface area contributed by atoms with Crippen molar-refractivity contribution in [1.29, 1.82) is 0 Å². The molecule has 1 N–H and O–H groups in total. The van der Waals surface area contributed by atoms with Gasteiger partial charge in [-0.15, -0.1) is 10.2 Å². The Hall–Kier alpha value is -4.46. The van der Waals surface area contributed by atoms with Gasteiger partial charge in [-0.05, 0) is 61.2 Å². The molecule has 3 aromatic heterocycles. The number of carbonyl (C=O) groups excluding carboxylic acids is 1. The van der Waals surface area contributed by atoms with Crippen molar-refractivity contribution < 1.29 is 4.79 Å². The van der Waals surface area contributed by atoms with Crippen molar-refractivity contribution in [3.8, 4) is 17.1 Å². The number of benzene rings is 1. The molecule has 1 saturated carbocycles. The summed E-state index contributed by atoms with van der Waals surface area (Å²) in [6, 6.07) is 15.6. The summed E-state index contributed by atoms with van der Waals surface area (Å²) in [5.74, 6) is 1.13. The van der Waals surface area contributed by atoms with E-state index >= 15 is 0 Å². The monoisotopic (exact) mass is 461 g/mol. The SMILES string of the molecule is O=C(Nc1cccc(-c2nncn2-c2ccncc2)c1)C1=CC(c2ccc(C3CC3)nc2)CC=N1. The Morgan fingerprint density at radius 1 is 1.06 bits per heavy atom. The topological polar surface area (TPSA) is 98.0 Å². The third-order valence-electron chi connectivity index (χ3n) is 6.28. The number of aromatic nitrogens is 5. The number of rotatable bonds is 6. The Bertz CT molecular complexity index is 1420. The molecule has 8 nitrogen and oxygen atoms in total. The lowest BCUT2D eigenvalue weighted by atomic mass is 9.94. The number of carbonyl (C=O) groups is 1. The highest BCUT2D eigenvalue weighted by molar-refractivity contribution is 6.05. The number of nitrogens with one attached hydrogen (secondary N) is 1. The summed E-state index contributed by atoms with van der Waals surface area (Å²) >= 11 is 0. The highest BCUT2D eigenvalue weighted by Crippen LogP contribution is 2.39. The second kappa shape index (κ2) is 9.06. The molecule has 4 aromatic rings. The van der Waals surface area contributed by atoms with E-state index in [9.17, 15) is 4.79 Å². The van der Waals surface area contributed by atoms with Gasteiger partial charge in [-0.3, -0.25) is 24.3 Å². The fourth-order valence-electron chi connectivity index (χ4n) is 4.25. The molecular formula is C27H23N7O. The molecule has 1 aliphatic carbocycles. The molecule has 1 atom stereocenters.